The molecule has 1 saturated carbocycles. The topological polar surface area (TPSA) is 109 Å². The zero-order valence-corrected chi connectivity index (χ0v) is 17.3. The third-order valence-electron chi connectivity index (χ3n) is 5.47. The van der Waals surface area contributed by atoms with Crippen molar-refractivity contribution < 1.29 is 24.2 Å². The lowest BCUT2D eigenvalue weighted by Crippen LogP contribution is -2.50. The number of rotatable bonds is 7. The highest BCUT2D eigenvalue weighted by molar-refractivity contribution is 5.89. The van der Waals surface area contributed by atoms with Gasteiger partial charge in [0.1, 0.15) is 11.9 Å². The van der Waals surface area contributed by atoms with E-state index in [9.17, 15) is 14.7 Å². The molecule has 30 heavy (non-hydrogen) atoms. The third kappa shape index (κ3) is 6.47. The first kappa shape index (κ1) is 22.1. The minimum absolute atomic E-state index is 0.0445. The minimum atomic E-state index is -0.621. The molecule has 0 aromatic heterocycles. The van der Waals surface area contributed by atoms with Gasteiger partial charge >= 0.3 is 6.03 Å². The van der Waals surface area contributed by atoms with Crippen molar-refractivity contribution in [2.45, 2.75) is 62.8 Å². The van der Waals surface area contributed by atoms with E-state index in [-0.39, 0.29) is 25.0 Å². The molecule has 1 aromatic rings. The largest absolute Gasteiger partial charge is 0.497 e. The van der Waals surface area contributed by atoms with Crippen molar-refractivity contribution in [3.05, 3.63) is 36.4 Å². The standard InChI is InChI=1S/C22H31N3O5/c1-29-17-9-7-16(8-10-17)24-22(28)25-19-12-11-18(30-20(19)14-26)13-21(27)23-15-5-3-2-4-6-15/h7-12,15,18-20,26H,2-6,13-14H2,1H3,(H,23,27)(H2,24,25,28)/t18-,19-,20-/m0/s1. The van der Waals surface area contributed by atoms with Crippen LogP contribution in [-0.4, -0.2) is 55.1 Å². The Morgan fingerprint density at radius 3 is 2.50 bits per heavy atom. The second-order valence-electron chi connectivity index (χ2n) is 7.74. The van der Waals surface area contributed by atoms with Crippen LogP contribution in [-0.2, 0) is 9.53 Å². The molecule has 3 atom stereocenters. The van der Waals surface area contributed by atoms with Crippen molar-refractivity contribution in [2.24, 2.45) is 0 Å². The predicted octanol–water partition coefficient (Wildman–Crippen LogP) is 2.34. The first-order valence-corrected chi connectivity index (χ1v) is 10.5. The number of carbonyl (C=O) groups excluding carboxylic acids is 2. The molecule has 164 valence electrons. The number of aliphatic hydroxyl groups excluding tert-OH is 1. The number of ether oxygens (including phenoxy) is 2. The molecular formula is C22H31N3O5. The molecule has 0 radical (unpaired) electrons. The number of nitrogens with one attached hydrogen (secondary N) is 3. The fraction of sp³-hybridized carbons (Fsp3) is 0.545. The highest BCUT2D eigenvalue weighted by Gasteiger charge is 2.29. The van der Waals surface area contributed by atoms with E-state index >= 15 is 0 Å². The van der Waals surface area contributed by atoms with Gasteiger partial charge in [0, 0.05) is 11.7 Å². The number of hydrogen-bond acceptors (Lipinski definition) is 5. The maximum Gasteiger partial charge on any atom is 0.319 e. The summed E-state index contributed by atoms with van der Waals surface area (Å²) < 4.78 is 10.9. The summed E-state index contributed by atoms with van der Waals surface area (Å²) in [5.41, 5.74) is 0.617. The smallest absolute Gasteiger partial charge is 0.319 e. The van der Waals surface area contributed by atoms with Crippen LogP contribution < -0.4 is 20.7 Å². The van der Waals surface area contributed by atoms with Gasteiger partial charge in [-0.3, -0.25) is 4.79 Å². The lowest BCUT2D eigenvalue weighted by molar-refractivity contribution is -0.126. The van der Waals surface area contributed by atoms with E-state index in [1.807, 2.05) is 0 Å². The Bertz CT molecular complexity index is 731. The minimum Gasteiger partial charge on any atom is -0.497 e. The number of amides is 3. The molecule has 3 amide bonds. The van der Waals surface area contributed by atoms with Crippen LogP contribution in [0.15, 0.2) is 36.4 Å². The molecule has 1 aromatic carbocycles. The van der Waals surface area contributed by atoms with Crippen molar-refractivity contribution in [3.63, 3.8) is 0 Å². The average molecular weight is 418 g/mol. The van der Waals surface area contributed by atoms with Crippen molar-refractivity contribution in [1.82, 2.24) is 10.6 Å². The average Bonchev–Trinajstić information content (AvgIpc) is 2.76. The molecule has 0 saturated heterocycles. The van der Waals surface area contributed by atoms with Gasteiger partial charge in [0.25, 0.3) is 0 Å². The van der Waals surface area contributed by atoms with E-state index in [0.717, 1.165) is 25.7 Å². The highest BCUT2D eigenvalue weighted by atomic mass is 16.5. The summed E-state index contributed by atoms with van der Waals surface area (Å²) in [7, 11) is 1.58. The van der Waals surface area contributed by atoms with E-state index in [1.165, 1.54) is 6.42 Å². The van der Waals surface area contributed by atoms with Gasteiger partial charge in [-0.15, -0.1) is 0 Å². The lowest BCUT2D eigenvalue weighted by Gasteiger charge is -2.32. The predicted molar refractivity (Wildman–Crippen MR) is 113 cm³/mol. The molecule has 3 rings (SSSR count). The number of anilines is 1. The van der Waals surface area contributed by atoms with Gasteiger partial charge in [-0.05, 0) is 37.1 Å². The molecule has 0 spiro atoms. The number of hydrogen-bond donors (Lipinski definition) is 4. The summed E-state index contributed by atoms with van der Waals surface area (Å²) in [6.07, 6.45) is 8.31. The maximum absolute atomic E-state index is 12.3. The quantitative estimate of drug-likeness (QED) is 0.509. The second kappa shape index (κ2) is 11.0. The monoisotopic (exact) mass is 417 g/mol. The molecule has 0 unspecified atom stereocenters. The summed E-state index contributed by atoms with van der Waals surface area (Å²) in [5.74, 6) is 0.653. The van der Waals surface area contributed by atoms with Crippen LogP contribution in [0.2, 0.25) is 0 Å². The van der Waals surface area contributed by atoms with E-state index < -0.39 is 24.3 Å². The number of carbonyl (C=O) groups is 2. The molecule has 8 heteroatoms. The summed E-state index contributed by atoms with van der Waals surface area (Å²) in [5, 5.41) is 18.3. The van der Waals surface area contributed by atoms with Crippen molar-refractivity contribution in [1.29, 1.82) is 0 Å². The van der Waals surface area contributed by atoms with Gasteiger partial charge in [-0.2, -0.15) is 0 Å². The Balaban J connectivity index is 1.48. The Kier molecular flexibility index (Phi) is 8.10. The van der Waals surface area contributed by atoms with Gasteiger partial charge in [0.05, 0.1) is 32.3 Å². The summed E-state index contributed by atoms with van der Waals surface area (Å²) in [6.45, 7) is -0.265. The molecule has 1 fully saturated rings. The Hall–Kier alpha value is -2.58. The Morgan fingerprint density at radius 1 is 1.10 bits per heavy atom. The summed E-state index contributed by atoms with van der Waals surface area (Å²) in [4.78, 5) is 24.6. The van der Waals surface area contributed by atoms with Crippen LogP contribution in [0.4, 0.5) is 10.5 Å². The van der Waals surface area contributed by atoms with Gasteiger partial charge in [0.2, 0.25) is 5.91 Å². The fourth-order valence-electron chi connectivity index (χ4n) is 3.85. The van der Waals surface area contributed by atoms with Crippen LogP contribution in [0.1, 0.15) is 38.5 Å². The molecule has 4 N–H and O–H groups in total. The first-order chi connectivity index (χ1) is 14.6. The van der Waals surface area contributed by atoms with Crippen LogP contribution in [0.3, 0.4) is 0 Å². The number of urea groups is 1. The third-order valence-corrected chi connectivity index (χ3v) is 5.47. The van der Waals surface area contributed by atoms with Gasteiger partial charge in [-0.25, -0.2) is 4.79 Å². The van der Waals surface area contributed by atoms with Crippen molar-refractivity contribution >= 4 is 17.6 Å². The van der Waals surface area contributed by atoms with E-state index in [1.54, 1.807) is 43.5 Å². The SMILES string of the molecule is COc1ccc(NC(=O)N[C@H]2C=C[C@@H](CC(=O)NC3CCCCC3)O[C@H]2CO)cc1. The zero-order chi connectivity index (χ0) is 21.3. The second-order valence-corrected chi connectivity index (χ2v) is 7.74. The van der Waals surface area contributed by atoms with E-state index in [0.29, 0.717) is 11.4 Å². The lowest BCUT2D eigenvalue weighted by atomic mass is 9.95. The molecule has 1 aliphatic carbocycles. The van der Waals surface area contributed by atoms with Crippen LogP contribution in [0.5, 0.6) is 5.75 Å². The van der Waals surface area contributed by atoms with Gasteiger partial charge in [-0.1, -0.05) is 31.4 Å². The van der Waals surface area contributed by atoms with Gasteiger partial charge < -0.3 is 30.5 Å². The number of aliphatic hydroxyl groups is 1. The summed E-state index contributed by atoms with van der Waals surface area (Å²) >= 11 is 0. The molecule has 2 aliphatic rings. The van der Waals surface area contributed by atoms with Gasteiger partial charge in [0.15, 0.2) is 0 Å². The van der Waals surface area contributed by atoms with Crippen LogP contribution >= 0.6 is 0 Å². The molecule has 0 bridgehead atoms. The molecule has 1 aliphatic heterocycles. The highest BCUT2D eigenvalue weighted by Crippen LogP contribution is 2.20. The van der Waals surface area contributed by atoms with Crippen LogP contribution in [0, 0.1) is 0 Å². The molecule has 1 heterocycles. The molecule has 8 nitrogen and oxygen atoms in total. The molecular weight excluding hydrogens is 386 g/mol. The number of methoxy groups -OCH3 is 1. The fourth-order valence-corrected chi connectivity index (χ4v) is 3.85. The van der Waals surface area contributed by atoms with Crippen molar-refractivity contribution in [2.75, 3.05) is 19.0 Å². The Labute approximate surface area is 177 Å². The maximum atomic E-state index is 12.3. The van der Waals surface area contributed by atoms with Crippen molar-refractivity contribution in [3.8, 4) is 5.75 Å². The normalized spacial score (nSPS) is 24.1. The van der Waals surface area contributed by atoms with E-state index in [2.05, 4.69) is 16.0 Å². The van der Waals surface area contributed by atoms with E-state index in [4.69, 9.17) is 9.47 Å². The number of benzene rings is 1. The Morgan fingerprint density at radius 2 is 1.83 bits per heavy atom. The summed E-state index contributed by atoms with van der Waals surface area (Å²) in [6, 6.07) is 6.31. The van der Waals surface area contributed by atoms with Crippen LogP contribution in [0.25, 0.3) is 0 Å². The zero-order valence-electron chi connectivity index (χ0n) is 17.3. The first-order valence-electron chi connectivity index (χ1n) is 10.5.